The minimum absolute atomic E-state index is 0.0802. The molecule has 17 heavy (non-hydrogen) atoms. The van der Waals surface area contributed by atoms with Crippen LogP contribution in [0.15, 0.2) is 18.2 Å². The van der Waals surface area contributed by atoms with E-state index < -0.39 is 0 Å². The van der Waals surface area contributed by atoms with Crippen molar-refractivity contribution in [2.24, 2.45) is 0 Å². The molecule has 1 atom stereocenters. The van der Waals surface area contributed by atoms with E-state index in [4.69, 9.17) is 16.4 Å². The molecule has 0 radical (unpaired) electrons. The van der Waals surface area contributed by atoms with Gasteiger partial charge in [-0.15, -0.1) is 6.42 Å². The predicted octanol–water partition coefficient (Wildman–Crippen LogP) is 2.07. The van der Waals surface area contributed by atoms with Gasteiger partial charge in [-0.05, 0) is 24.1 Å². The zero-order valence-electron chi connectivity index (χ0n) is 10.2. The Morgan fingerprint density at radius 2 is 2.29 bits per heavy atom. The molecule has 0 aliphatic rings. The van der Waals surface area contributed by atoms with Crippen molar-refractivity contribution in [3.8, 4) is 24.2 Å². The first-order chi connectivity index (χ1) is 8.24. The molecule has 1 N–H and O–H groups in total. The molecule has 0 heterocycles. The maximum Gasteiger partial charge on any atom is 0.136 e. The maximum absolute atomic E-state index is 8.86. The molecule has 0 aliphatic carbocycles. The van der Waals surface area contributed by atoms with E-state index in [1.54, 1.807) is 13.2 Å². The highest BCUT2D eigenvalue weighted by Gasteiger charge is 2.05. The quantitative estimate of drug-likeness (QED) is 0.785. The molecule has 1 aromatic rings. The molecule has 1 rings (SSSR count). The molecule has 0 aliphatic heterocycles. The van der Waals surface area contributed by atoms with Gasteiger partial charge in [-0.2, -0.15) is 5.26 Å². The van der Waals surface area contributed by atoms with Gasteiger partial charge in [-0.25, -0.2) is 0 Å². The monoisotopic (exact) mass is 228 g/mol. The Morgan fingerprint density at radius 1 is 1.53 bits per heavy atom. The second-order valence-corrected chi connectivity index (χ2v) is 3.65. The van der Waals surface area contributed by atoms with Gasteiger partial charge in [0.2, 0.25) is 0 Å². The SMILES string of the molecule is C#CC(CC)NCc1ccc(C#N)c(OC)c1. The minimum atomic E-state index is 0.0802. The Bertz CT molecular complexity index is 454. The van der Waals surface area contributed by atoms with Gasteiger partial charge in [0.1, 0.15) is 11.8 Å². The van der Waals surface area contributed by atoms with Gasteiger partial charge >= 0.3 is 0 Å². The predicted molar refractivity (Wildman–Crippen MR) is 67.5 cm³/mol. The number of hydrogen-bond acceptors (Lipinski definition) is 3. The summed E-state index contributed by atoms with van der Waals surface area (Å²) in [6, 6.07) is 7.68. The average Bonchev–Trinajstić information content (AvgIpc) is 2.39. The Balaban J connectivity index is 2.74. The molecule has 0 saturated heterocycles. The van der Waals surface area contributed by atoms with E-state index in [0.29, 0.717) is 17.9 Å². The number of benzene rings is 1. The highest BCUT2D eigenvalue weighted by molar-refractivity contribution is 5.45. The van der Waals surface area contributed by atoms with E-state index in [2.05, 4.69) is 17.3 Å². The summed E-state index contributed by atoms with van der Waals surface area (Å²) in [5, 5.41) is 12.1. The summed E-state index contributed by atoms with van der Waals surface area (Å²) in [6.45, 7) is 2.71. The van der Waals surface area contributed by atoms with Gasteiger partial charge in [-0.1, -0.05) is 18.9 Å². The molecule has 1 aromatic carbocycles. The molecule has 0 bridgehead atoms. The van der Waals surface area contributed by atoms with Crippen molar-refractivity contribution in [1.82, 2.24) is 5.32 Å². The van der Waals surface area contributed by atoms with Gasteiger partial charge in [0.05, 0.1) is 18.7 Å². The van der Waals surface area contributed by atoms with Crippen molar-refractivity contribution in [2.75, 3.05) is 7.11 Å². The zero-order valence-corrected chi connectivity index (χ0v) is 10.2. The van der Waals surface area contributed by atoms with Crippen LogP contribution in [-0.4, -0.2) is 13.2 Å². The molecule has 1 unspecified atom stereocenters. The van der Waals surface area contributed by atoms with Crippen molar-refractivity contribution >= 4 is 0 Å². The van der Waals surface area contributed by atoms with E-state index in [1.165, 1.54) is 0 Å². The highest BCUT2D eigenvalue weighted by atomic mass is 16.5. The smallest absolute Gasteiger partial charge is 0.136 e. The highest BCUT2D eigenvalue weighted by Crippen LogP contribution is 2.19. The summed E-state index contributed by atoms with van der Waals surface area (Å²) < 4.78 is 5.15. The lowest BCUT2D eigenvalue weighted by molar-refractivity contribution is 0.412. The zero-order chi connectivity index (χ0) is 12.7. The number of nitrogens with zero attached hydrogens (tertiary/aromatic N) is 1. The van der Waals surface area contributed by atoms with Crippen LogP contribution in [0.3, 0.4) is 0 Å². The van der Waals surface area contributed by atoms with Gasteiger partial charge < -0.3 is 4.74 Å². The van der Waals surface area contributed by atoms with Crippen molar-refractivity contribution in [2.45, 2.75) is 25.9 Å². The van der Waals surface area contributed by atoms with E-state index in [-0.39, 0.29) is 6.04 Å². The largest absolute Gasteiger partial charge is 0.495 e. The van der Waals surface area contributed by atoms with Crippen LogP contribution in [0.5, 0.6) is 5.75 Å². The Labute approximate surface area is 102 Å². The molecule has 0 amide bonds. The van der Waals surface area contributed by atoms with Crippen molar-refractivity contribution < 1.29 is 4.74 Å². The molecule has 0 aromatic heterocycles. The Morgan fingerprint density at radius 3 is 2.82 bits per heavy atom. The fourth-order valence-corrected chi connectivity index (χ4v) is 1.50. The molecule has 0 saturated carbocycles. The number of methoxy groups -OCH3 is 1. The molecule has 3 nitrogen and oxygen atoms in total. The maximum atomic E-state index is 8.86. The van der Waals surface area contributed by atoms with Crippen LogP contribution >= 0.6 is 0 Å². The van der Waals surface area contributed by atoms with Gasteiger partial charge in [0.15, 0.2) is 0 Å². The summed E-state index contributed by atoms with van der Waals surface area (Å²) in [4.78, 5) is 0. The third-order valence-electron chi connectivity index (χ3n) is 2.55. The number of ether oxygens (including phenoxy) is 1. The lowest BCUT2D eigenvalue weighted by atomic mass is 10.1. The van der Waals surface area contributed by atoms with Crippen LogP contribution in [0.1, 0.15) is 24.5 Å². The van der Waals surface area contributed by atoms with Crippen LogP contribution in [0.4, 0.5) is 0 Å². The third-order valence-corrected chi connectivity index (χ3v) is 2.55. The van der Waals surface area contributed by atoms with E-state index in [9.17, 15) is 0 Å². The average molecular weight is 228 g/mol. The van der Waals surface area contributed by atoms with E-state index in [0.717, 1.165) is 12.0 Å². The second kappa shape index (κ2) is 6.58. The first-order valence-electron chi connectivity index (χ1n) is 5.51. The summed E-state index contributed by atoms with van der Waals surface area (Å²) in [5.74, 6) is 3.28. The van der Waals surface area contributed by atoms with E-state index >= 15 is 0 Å². The number of hydrogen-bond donors (Lipinski definition) is 1. The molecule has 0 fully saturated rings. The third kappa shape index (κ3) is 3.52. The molecule has 0 spiro atoms. The molecule has 88 valence electrons. The topological polar surface area (TPSA) is 45.0 Å². The molecular weight excluding hydrogens is 212 g/mol. The van der Waals surface area contributed by atoms with Crippen molar-refractivity contribution in [3.05, 3.63) is 29.3 Å². The number of nitrogens with one attached hydrogen (secondary N) is 1. The standard InChI is InChI=1S/C14H16N2O/c1-4-13(5-2)16-10-11-6-7-12(9-15)14(8-11)17-3/h1,6-8,13,16H,5,10H2,2-3H3. The number of terminal acetylenes is 1. The fourth-order valence-electron chi connectivity index (χ4n) is 1.50. The van der Waals surface area contributed by atoms with Crippen LogP contribution in [-0.2, 0) is 6.54 Å². The van der Waals surface area contributed by atoms with Crippen LogP contribution in [0.2, 0.25) is 0 Å². The summed E-state index contributed by atoms with van der Waals surface area (Å²) in [5.41, 5.74) is 1.59. The Kier molecular flexibility index (Phi) is 5.07. The number of rotatable bonds is 5. The van der Waals surface area contributed by atoms with Crippen LogP contribution in [0.25, 0.3) is 0 Å². The first-order valence-corrected chi connectivity index (χ1v) is 5.51. The van der Waals surface area contributed by atoms with Gasteiger partial charge in [0, 0.05) is 6.54 Å². The lowest BCUT2D eigenvalue weighted by Crippen LogP contribution is -2.26. The minimum Gasteiger partial charge on any atom is -0.495 e. The van der Waals surface area contributed by atoms with E-state index in [1.807, 2.05) is 19.1 Å². The second-order valence-electron chi connectivity index (χ2n) is 3.65. The first kappa shape index (κ1) is 13.1. The van der Waals surface area contributed by atoms with Gasteiger partial charge in [0.25, 0.3) is 0 Å². The normalized spacial score (nSPS) is 11.3. The van der Waals surface area contributed by atoms with Crippen molar-refractivity contribution in [3.63, 3.8) is 0 Å². The van der Waals surface area contributed by atoms with Crippen LogP contribution in [0, 0.1) is 23.7 Å². The van der Waals surface area contributed by atoms with Crippen LogP contribution < -0.4 is 10.1 Å². The Hall–Kier alpha value is -1.97. The van der Waals surface area contributed by atoms with Crippen molar-refractivity contribution in [1.29, 1.82) is 5.26 Å². The molecular formula is C14H16N2O. The summed E-state index contributed by atoms with van der Waals surface area (Å²) >= 11 is 0. The number of nitriles is 1. The molecule has 3 heteroatoms. The van der Waals surface area contributed by atoms with Gasteiger partial charge in [-0.3, -0.25) is 5.32 Å². The fraction of sp³-hybridized carbons (Fsp3) is 0.357. The summed E-state index contributed by atoms with van der Waals surface area (Å²) in [7, 11) is 1.56. The summed E-state index contributed by atoms with van der Waals surface area (Å²) in [6.07, 6.45) is 6.26. The lowest BCUT2D eigenvalue weighted by Gasteiger charge is -2.11.